The molecule has 1 amide bonds. The average Bonchev–Trinajstić information content (AvgIpc) is 3.91. The van der Waals surface area contributed by atoms with Gasteiger partial charge in [0.05, 0.1) is 55.5 Å². The van der Waals surface area contributed by atoms with Crippen molar-refractivity contribution >= 4 is 33.5 Å². The first-order valence-corrected chi connectivity index (χ1v) is 16.1. The van der Waals surface area contributed by atoms with Crippen LogP contribution in [-0.4, -0.2) is 103 Å². The molecule has 5 heterocycles. The van der Waals surface area contributed by atoms with Gasteiger partial charge in [0.2, 0.25) is 11.5 Å². The van der Waals surface area contributed by atoms with Crippen molar-refractivity contribution in [1.82, 2.24) is 30.2 Å². The Kier molecular flexibility index (Phi) is 8.98. The predicted octanol–water partition coefficient (Wildman–Crippen LogP) is 2.79. The van der Waals surface area contributed by atoms with Crippen LogP contribution in [0, 0.1) is 29.4 Å². The summed E-state index contributed by atoms with van der Waals surface area (Å²) in [6.07, 6.45) is 10.2. The van der Waals surface area contributed by atoms with Crippen LogP contribution in [0.15, 0.2) is 41.8 Å². The third kappa shape index (κ3) is 6.69. The van der Waals surface area contributed by atoms with E-state index in [9.17, 15) is 14.0 Å². The summed E-state index contributed by atoms with van der Waals surface area (Å²) < 4.78 is 49.2. The number of terminal acetylenes is 1. The number of fused-ring (bicyclic) bond motifs is 2. The predicted molar refractivity (Wildman–Crippen MR) is 178 cm³/mol. The van der Waals surface area contributed by atoms with Gasteiger partial charge in [0.25, 0.3) is 0 Å². The number of H-pyrrole nitrogens is 1. The van der Waals surface area contributed by atoms with Crippen LogP contribution in [0.1, 0.15) is 18.4 Å². The number of anilines is 1. The van der Waals surface area contributed by atoms with Crippen molar-refractivity contribution in [2.75, 3.05) is 70.7 Å². The molecule has 254 valence electrons. The second-order valence-corrected chi connectivity index (χ2v) is 12.7. The van der Waals surface area contributed by atoms with Crippen molar-refractivity contribution in [3.8, 4) is 29.6 Å². The van der Waals surface area contributed by atoms with Gasteiger partial charge in [-0.15, -0.1) is 6.42 Å². The molecule has 2 saturated heterocycles. The highest BCUT2D eigenvalue weighted by molar-refractivity contribution is 6.00. The summed E-state index contributed by atoms with van der Waals surface area (Å²) in [5.41, 5.74) is -0.838. The number of nitrogens with zero attached hydrogens (tertiary/aromatic N) is 5. The number of aromatic amines is 1. The van der Waals surface area contributed by atoms with E-state index in [1.54, 1.807) is 0 Å². The first-order valence-electron chi connectivity index (χ1n) is 16.1. The molecule has 7 rings (SSSR count). The summed E-state index contributed by atoms with van der Waals surface area (Å²) in [4.78, 5) is 45.4. The Morgan fingerprint density at radius 3 is 2.76 bits per heavy atom. The summed E-state index contributed by atoms with van der Waals surface area (Å²) in [7, 11) is 0. The molecule has 2 aliphatic heterocycles. The van der Waals surface area contributed by atoms with E-state index in [-0.39, 0.29) is 62.6 Å². The fourth-order valence-electron chi connectivity index (χ4n) is 6.50. The van der Waals surface area contributed by atoms with Gasteiger partial charge in [-0.25, -0.2) is 8.78 Å². The zero-order valence-electron chi connectivity index (χ0n) is 26.8. The number of carbonyl (C=O) groups is 1. The van der Waals surface area contributed by atoms with E-state index in [4.69, 9.17) is 25.6 Å². The molecular formula is C35H35F2N7O5. The minimum absolute atomic E-state index is 0.0195. The highest BCUT2D eigenvalue weighted by Crippen LogP contribution is 2.47. The van der Waals surface area contributed by atoms with E-state index in [1.165, 1.54) is 18.3 Å². The van der Waals surface area contributed by atoms with Crippen LogP contribution in [0.25, 0.3) is 33.1 Å². The van der Waals surface area contributed by atoms with E-state index in [1.807, 2.05) is 4.90 Å². The van der Waals surface area contributed by atoms with Crippen molar-refractivity contribution in [3.05, 3.63) is 64.6 Å². The standard InChI is InChI=1S/C35H35F2N7O5/c1-3-22-25(36)5-6-26-29(22)23(15-28(46)40-26)31-30(37)32-24(16-38-31)33(44-11-14-48-18-21(17-44)39-27(45)4-2)42-34(41-32)49-20-35(7-8-35)19-43-9-12-47-13-10-43/h1,4-6,15-16,21H,2,7-14,17-20H2,(H,39,45)(H,40,46)/t21-/m0/s1. The largest absolute Gasteiger partial charge is 0.463 e. The molecule has 3 aromatic heterocycles. The lowest BCUT2D eigenvalue weighted by atomic mass is 9.99. The van der Waals surface area contributed by atoms with Crippen molar-refractivity contribution in [2.24, 2.45) is 5.41 Å². The van der Waals surface area contributed by atoms with Gasteiger partial charge < -0.3 is 29.4 Å². The molecular weight excluding hydrogens is 636 g/mol. The summed E-state index contributed by atoms with van der Waals surface area (Å²) >= 11 is 0. The lowest BCUT2D eigenvalue weighted by molar-refractivity contribution is -0.117. The number of amides is 1. The maximum Gasteiger partial charge on any atom is 0.319 e. The Bertz CT molecular complexity index is 2040. The maximum atomic E-state index is 16.9. The third-order valence-electron chi connectivity index (χ3n) is 9.22. The summed E-state index contributed by atoms with van der Waals surface area (Å²) in [6, 6.07) is 3.21. The van der Waals surface area contributed by atoms with Gasteiger partial charge in [0.15, 0.2) is 5.82 Å². The van der Waals surface area contributed by atoms with E-state index in [0.29, 0.717) is 45.3 Å². The van der Waals surface area contributed by atoms with Gasteiger partial charge in [-0.1, -0.05) is 12.5 Å². The molecule has 0 spiro atoms. The second-order valence-electron chi connectivity index (χ2n) is 12.7. The van der Waals surface area contributed by atoms with Gasteiger partial charge in [0.1, 0.15) is 22.8 Å². The SMILES string of the molecule is C#Cc1c(F)ccc2[nH]c(=O)cc(-c3ncc4c(N5CCOC[C@@H](NC(=O)C=C)C5)nc(OCC5(CN6CCOCC6)CC5)nc4c3F)c12. The van der Waals surface area contributed by atoms with Crippen LogP contribution in [0.3, 0.4) is 0 Å². The molecule has 4 aromatic rings. The molecule has 14 heteroatoms. The normalized spacial score (nSPS) is 19.3. The Labute approximate surface area is 280 Å². The lowest BCUT2D eigenvalue weighted by Gasteiger charge is -2.30. The van der Waals surface area contributed by atoms with Crippen LogP contribution < -0.4 is 20.5 Å². The highest BCUT2D eigenvalue weighted by atomic mass is 19.1. The van der Waals surface area contributed by atoms with Crippen molar-refractivity contribution in [1.29, 1.82) is 0 Å². The Hall–Kier alpha value is -4.97. The van der Waals surface area contributed by atoms with Gasteiger partial charge in [-0.3, -0.25) is 19.5 Å². The Morgan fingerprint density at radius 2 is 2.00 bits per heavy atom. The molecule has 49 heavy (non-hydrogen) atoms. The molecule has 0 unspecified atom stereocenters. The van der Waals surface area contributed by atoms with E-state index >= 15 is 4.39 Å². The number of rotatable bonds is 9. The number of hydrogen-bond donors (Lipinski definition) is 2. The van der Waals surface area contributed by atoms with Gasteiger partial charge in [-0.05, 0) is 31.1 Å². The number of ether oxygens (including phenoxy) is 3. The smallest absolute Gasteiger partial charge is 0.319 e. The Balaban J connectivity index is 1.32. The van der Waals surface area contributed by atoms with E-state index in [0.717, 1.165) is 44.6 Å². The number of morpholine rings is 1. The fourth-order valence-corrected chi connectivity index (χ4v) is 6.50. The second kappa shape index (κ2) is 13.5. The number of benzene rings is 1. The number of halogens is 2. The van der Waals surface area contributed by atoms with Crippen LogP contribution in [0.4, 0.5) is 14.6 Å². The van der Waals surface area contributed by atoms with Crippen LogP contribution >= 0.6 is 0 Å². The number of pyridine rings is 2. The Morgan fingerprint density at radius 1 is 1.20 bits per heavy atom. The van der Waals surface area contributed by atoms with Crippen molar-refractivity contribution < 1.29 is 27.8 Å². The highest BCUT2D eigenvalue weighted by Gasteiger charge is 2.45. The molecule has 2 N–H and O–H groups in total. The number of hydrogen-bond acceptors (Lipinski definition) is 10. The van der Waals surface area contributed by atoms with Crippen LogP contribution in [0.2, 0.25) is 0 Å². The quantitative estimate of drug-likeness (QED) is 0.202. The van der Waals surface area contributed by atoms with Gasteiger partial charge in [-0.2, -0.15) is 9.97 Å². The molecule has 3 fully saturated rings. The minimum Gasteiger partial charge on any atom is -0.463 e. The number of carbonyl (C=O) groups excluding carboxylic acids is 1. The summed E-state index contributed by atoms with van der Waals surface area (Å²) in [6.45, 7) is 9.02. The van der Waals surface area contributed by atoms with Crippen LogP contribution in [0.5, 0.6) is 6.01 Å². The fraction of sp³-hybridized carbons (Fsp3) is 0.400. The van der Waals surface area contributed by atoms with Crippen LogP contribution in [-0.2, 0) is 14.3 Å². The summed E-state index contributed by atoms with van der Waals surface area (Å²) in [5, 5.41) is 3.28. The molecule has 0 bridgehead atoms. The molecule has 0 radical (unpaired) electrons. The first-order chi connectivity index (χ1) is 23.8. The molecule has 3 aliphatic rings. The number of aromatic nitrogens is 4. The van der Waals surface area contributed by atoms with Gasteiger partial charge in [0, 0.05) is 61.4 Å². The average molecular weight is 672 g/mol. The molecule has 12 nitrogen and oxygen atoms in total. The zero-order chi connectivity index (χ0) is 34.1. The lowest BCUT2D eigenvalue weighted by Crippen LogP contribution is -2.44. The van der Waals surface area contributed by atoms with Crippen molar-refractivity contribution in [2.45, 2.75) is 18.9 Å². The van der Waals surface area contributed by atoms with Crippen molar-refractivity contribution in [3.63, 3.8) is 0 Å². The molecule has 1 saturated carbocycles. The topological polar surface area (TPSA) is 135 Å². The maximum absolute atomic E-state index is 16.9. The summed E-state index contributed by atoms with van der Waals surface area (Å²) in [5.74, 6) is 0.749. The monoisotopic (exact) mass is 671 g/mol. The van der Waals surface area contributed by atoms with Gasteiger partial charge >= 0.3 is 6.01 Å². The number of nitrogens with one attached hydrogen (secondary N) is 2. The minimum atomic E-state index is -0.859. The molecule has 1 atom stereocenters. The molecule has 1 aromatic carbocycles. The zero-order valence-corrected chi connectivity index (χ0v) is 26.8. The van der Waals surface area contributed by atoms with E-state index < -0.39 is 23.2 Å². The molecule has 1 aliphatic carbocycles. The third-order valence-corrected chi connectivity index (χ3v) is 9.22. The first kappa shape index (κ1) is 32.6. The van der Waals surface area contributed by atoms with E-state index in [2.05, 4.69) is 37.7 Å².